The molecule has 0 aliphatic heterocycles. The van der Waals surface area contributed by atoms with Gasteiger partial charge in [0, 0.05) is 19.3 Å². The predicted octanol–water partition coefficient (Wildman–Crippen LogP) is 24.9. The van der Waals surface area contributed by atoms with Gasteiger partial charge in [-0.25, -0.2) is 0 Å². The van der Waals surface area contributed by atoms with Crippen molar-refractivity contribution in [3.63, 3.8) is 0 Å². The third-order valence-electron chi connectivity index (χ3n) is 16.3. The second-order valence-electron chi connectivity index (χ2n) is 24.5. The highest BCUT2D eigenvalue weighted by Gasteiger charge is 2.19. The topological polar surface area (TPSA) is 78.9 Å². The Morgan fingerprint density at radius 3 is 0.716 bits per heavy atom. The molecule has 0 rings (SSSR count). The molecule has 0 aliphatic rings. The fourth-order valence-electron chi connectivity index (χ4n) is 10.8. The van der Waals surface area contributed by atoms with Crippen molar-refractivity contribution in [2.24, 2.45) is 0 Å². The van der Waals surface area contributed by atoms with Crippen LogP contribution in [0.25, 0.3) is 0 Å². The van der Waals surface area contributed by atoms with Gasteiger partial charge in [-0.05, 0) is 77.0 Å². The van der Waals surface area contributed by atoms with Gasteiger partial charge in [0.1, 0.15) is 13.2 Å². The molecule has 0 fully saturated rings. The Hall–Kier alpha value is -2.63. The molecule has 1 atom stereocenters. The van der Waals surface area contributed by atoms with Gasteiger partial charge in [-0.3, -0.25) is 14.4 Å². The Morgan fingerprint density at radius 1 is 0.247 bits per heavy atom. The molecule has 0 heterocycles. The molecule has 0 spiro atoms. The molecule has 0 aromatic heterocycles. The van der Waals surface area contributed by atoms with Crippen LogP contribution >= 0.6 is 0 Å². The molecule has 0 amide bonds. The number of ether oxygens (including phenoxy) is 3. The summed E-state index contributed by atoms with van der Waals surface area (Å²) in [5, 5.41) is 0. The number of esters is 3. The third kappa shape index (κ3) is 68.0. The summed E-state index contributed by atoms with van der Waals surface area (Å²) in [5.74, 6) is -0.864. The molecule has 0 aromatic rings. The third-order valence-corrected chi connectivity index (χ3v) is 16.3. The number of allylic oxidation sites excluding steroid dienone is 8. The van der Waals surface area contributed by atoms with Crippen LogP contribution in [-0.4, -0.2) is 37.2 Å². The van der Waals surface area contributed by atoms with E-state index in [0.29, 0.717) is 19.3 Å². The van der Waals surface area contributed by atoms with E-state index >= 15 is 0 Å². The Kier molecular flexibility index (Phi) is 67.6. The normalized spacial score (nSPS) is 12.3. The summed E-state index contributed by atoms with van der Waals surface area (Å²) < 4.78 is 17.0. The van der Waals surface area contributed by atoms with E-state index in [1.54, 1.807) is 0 Å². The molecule has 1 unspecified atom stereocenters. The van der Waals surface area contributed by atoms with Crippen molar-refractivity contribution in [1.29, 1.82) is 0 Å². The summed E-state index contributed by atoms with van der Waals surface area (Å²) in [6, 6.07) is 0. The smallest absolute Gasteiger partial charge is 0.306 e. The van der Waals surface area contributed by atoms with E-state index in [1.165, 1.54) is 270 Å². The van der Waals surface area contributed by atoms with Crippen LogP contribution in [0, 0.1) is 0 Å². The van der Waals surface area contributed by atoms with Crippen molar-refractivity contribution in [2.75, 3.05) is 13.2 Å². The van der Waals surface area contributed by atoms with E-state index in [2.05, 4.69) is 69.4 Å². The molecular formula is C75H138O6. The second-order valence-corrected chi connectivity index (χ2v) is 24.5. The van der Waals surface area contributed by atoms with Crippen molar-refractivity contribution in [3.8, 4) is 0 Å². The zero-order valence-electron chi connectivity index (χ0n) is 54.6. The largest absolute Gasteiger partial charge is 0.462 e. The maximum atomic E-state index is 13.0. The summed E-state index contributed by atoms with van der Waals surface area (Å²) in [6.45, 7) is 6.65. The fourth-order valence-corrected chi connectivity index (χ4v) is 10.8. The minimum atomic E-state index is -0.780. The summed E-state index contributed by atoms with van der Waals surface area (Å²) in [7, 11) is 0. The zero-order valence-corrected chi connectivity index (χ0v) is 54.6. The van der Waals surface area contributed by atoms with Gasteiger partial charge in [0.2, 0.25) is 0 Å². The van der Waals surface area contributed by atoms with Gasteiger partial charge in [0.15, 0.2) is 6.10 Å². The molecule has 6 heteroatoms. The molecule has 0 aliphatic carbocycles. The molecular weight excluding hydrogens is 997 g/mol. The highest BCUT2D eigenvalue weighted by molar-refractivity contribution is 5.71. The highest BCUT2D eigenvalue weighted by Crippen LogP contribution is 2.19. The molecule has 6 nitrogen and oxygen atoms in total. The first-order chi connectivity index (χ1) is 40.0. The van der Waals surface area contributed by atoms with Crippen LogP contribution in [0.4, 0.5) is 0 Å². The number of unbranched alkanes of at least 4 members (excludes halogenated alkanes) is 48. The van der Waals surface area contributed by atoms with Gasteiger partial charge >= 0.3 is 17.9 Å². The minimum absolute atomic E-state index is 0.0742. The Morgan fingerprint density at radius 2 is 0.457 bits per heavy atom. The lowest BCUT2D eigenvalue weighted by atomic mass is 10.0. The van der Waals surface area contributed by atoms with Crippen LogP contribution in [0.2, 0.25) is 0 Å². The summed E-state index contributed by atoms with van der Waals surface area (Å²) in [4.78, 5) is 38.5. The number of carbonyl (C=O) groups is 3. The average molecular weight is 1140 g/mol. The fraction of sp³-hybridized carbons (Fsp3) is 0.853. The molecule has 0 aromatic carbocycles. The molecule has 0 bridgehead atoms. The van der Waals surface area contributed by atoms with E-state index in [-0.39, 0.29) is 31.1 Å². The van der Waals surface area contributed by atoms with Crippen LogP contribution < -0.4 is 0 Å². The van der Waals surface area contributed by atoms with Crippen LogP contribution in [0.15, 0.2) is 48.6 Å². The molecule has 0 radical (unpaired) electrons. The maximum Gasteiger partial charge on any atom is 0.306 e. The number of hydrogen-bond acceptors (Lipinski definition) is 6. The maximum absolute atomic E-state index is 13.0. The first kappa shape index (κ1) is 78.4. The molecule has 0 saturated carbocycles. The lowest BCUT2D eigenvalue weighted by Gasteiger charge is -2.18. The monoisotopic (exact) mass is 1140 g/mol. The standard InChI is InChI=1S/C75H138O6/c1-4-7-10-13-16-19-22-25-28-30-32-34-36-37-38-40-41-43-45-47-50-53-56-59-62-65-68-74(77)80-71-72(70-79-73(76)67-64-61-58-55-52-49-27-24-21-18-15-12-9-6-3)81-75(78)69-66-63-60-57-54-51-48-46-44-42-39-35-33-31-29-26-23-20-17-14-11-8-5-2/h15,18,23-24,26-27,31,33,72H,4-14,16-17,19-22,25,28-30,32,34-71H2,1-3H3/b18-15-,26-23-,27-24-,33-31-. The van der Waals surface area contributed by atoms with E-state index < -0.39 is 6.10 Å². The van der Waals surface area contributed by atoms with Crippen molar-refractivity contribution in [2.45, 2.75) is 399 Å². The van der Waals surface area contributed by atoms with E-state index in [0.717, 1.165) is 83.5 Å². The number of hydrogen-bond donors (Lipinski definition) is 0. The summed E-state index contributed by atoms with van der Waals surface area (Å²) in [6.07, 6.45) is 88.6. The van der Waals surface area contributed by atoms with Crippen LogP contribution in [0.5, 0.6) is 0 Å². The van der Waals surface area contributed by atoms with Crippen molar-refractivity contribution in [1.82, 2.24) is 0 Å². The highest BCUT2D eigenvalue weighted by atomic mass is 16.6. The Balaban J connectivity index is 4.25. The van der Waals surface area contributed by atoms with Gasteiger partial charge in [-0.1, -0.05) is 345 Å². The number of rotatable bonds is 67. The Bertz CT molecular complexity index is 1400. The van der Waals surface area contributed by atoms with Crippen LogP contribution in [0.3, 0.4) is 0 Å². The minimum Gasteiger partial charge on any atom is -0.462 e. The average Bonchev–Trinajstić information content (AvgIpc) is 3.47. The van der Waals surface area contributed by atoms with E-state index in [9.17, 15) is 14.4 Å². The molecule has 0 N–H and O–H groups in total. The van der Waals surface area contributed by atoms with Crippen LogP contribution in [-0.2, 0) is 28.6 Å². The predicted molar refractivity (Wildman–Crippen MR) is 353 cm³/mol. The summed E-state index contributed by atoms with van der Waals surface area (Å²) >= 11 is 0. The van der Waals surface area contributed by atoms with Gasteiger partial charge in [0.25, 0.3) is 0 Å². The van der Waals surface area contributed by atoms with Crippen molar-refractivity contribution in [3.05, 3.63) is 48.6 Å². The molecule has 0 saturated heterocycles. The van der Waals surface area contributed by atoms with Crippen molar-refractivity contribution < 1.29 is 28.6 Å². The first-order valence-electron chi connectivity index (χ1n) is 36.1. The van der Waals surface area contributed by atoms with Gasteiger partial charge in [0.05, 0.1) is 0 Å². The zero-order chi connectivity index (χ0) is 58.5. The summed E-state index contributed by atoms with van der Waals surface area (Å²) in [5.41, 5.74) is 0. The lowest BCUT2D eigenvalue weighted by molar-refractivity contribution is -0.167. The van der Waals surface area contributed by atoms with Gasteiger partial charge < -0.3 is 14.2 Å². The van der Waals surface area contributed by atoms with Crippen molar-refractivity contribution >= 4 is 17.9 Å². The van der Waals surface area contributed by atoms with E-state index in [1.807, 2.05) is 0 Å². The SMILES string of the molecule is CCCC/C=C\C/C=C\CCCCCCCC(=O)OCC(COC(=O)CCCCCCCCCCCCCCCCCCCCCCCCCCCC)OC(=O)CCCCCCCCCCCCC/C=C\C/C=C\CCCCCCC. The lowest BCUT2D eigenvalue weighted by Crippen LogP contribution is -2.30. The van der Waals surface area contributed by atoms with Gasteiger partial charge in [-0.2, -0.15) is 0 Å². The molecule has 474 valence electrons. The van der Waals surface area contributed by atoms with Gasteiger partial charge in [-0.15, -0.1) is 0 Å². The quantitative estimate of drug-likeness (QED) is 0.0261. The van der Waals surface area contributed by atoms with E-state index in [4.69, 9.17) is 14.2 Å². The molecule has 81 heavy (non-hydrogen) atoms. The number of carbonyl (C=O) groups excluding carboxylic acids is 3. The second kappa shape index (κ2) is 69.9. The Labute approximate surface area is 505 Å². The van der Waals surface area contributed by atoms with Crippen LogP contribution in [0.1, 0.15) is 393 Å². The first-order valence-corrected chi connectivity index (χ1v) is 36.1.